The second-order valence-corrected chi connectivity index (χ2v) is 5.97. The van der Waals surface area contributed by atoms with Gasteiger partial charge in [-0.1, -0.05) is 0 Å². The van der Waals surface area contributed by atoms with Gasteiger partial charge >= 0.3 is 0 Å². The molecule has 0 N–H and O–H groups in total. The molecule has 0 radical (unpaired) electrons. The third-order valence-corrected chi connectivity index (χ3v) is 4.63. The maximum absolute atomic E-state index is 5.48. The predicted molar refractivity (Wildman–Crippen MR) is 72.6 cm³/mol. The summed E-state index contributed by atoms with van der Waals surface area (Å²) in [6.45, 7) is 8.50. The highest BCUT2D eigenvalue weighted by Crippen LogP contribution is 2.26. The minimum absolute atomic E-state index is 0.578. The predicted octanol–water partition coefficient (Wildman–Crippen LogP) is 2.38. The van der Waals surface area contributed by atoms with E-state index in [0.29, 0.717) is 12.1 Å². The summed E-state index contributed by atoms with van der Waals surface area (Å²) in [7, 11) is 0. The molecule has 2 saturated heterocycles. The Labute approximate surface area is 110 Å². The van der Waals surface area contributed by atoms with Gasteiger partial charge in [-0.3, -0.25) is 9.80 Å². The zero-order valence-electron chi connectivity index (χ0n) is 11.5. The molecule has 2 fully saturated rings. The lowest BCUT2D eigenvalue weighted by Gasteiger charge is -2.45. The van der Waals surface area contributed by atoms with E-state index < -0.39 is 0 Å². The fourth-order valence-electron chi connectivity index (χ4n) is 3.66. The summed E-state index contributed by atoms with van der Waals surface area (Å²) < 4.78 is 5.48. The average molecular weight is 248 g/mol. The lowest BCUT2D eigenvalue weighted by atomic mass is 10.0. The quantitative estimate of drug-likeness (QED) is 0.819. The SMILES string of the molecule is CC(Cc1ccco1)N1CC2CCCN2CC1C. The van der Waals surface area contributed by atoms with Gasteiger partial charge in [-0.05, 0) is 45.4 Å². The molecule has 3 heterocycles. The average Bonchev–Trinajstić information content (AvgIpc) is 2.98. The lowest BCUT2D eigenvalue weighted by molar-refractivity contribution is 0.0318. The normalized spacial score (nSPS) is 31.4. The van der Waals surface area contributed by atoms with Crippen LogP contribution in [0, 0.1) is 0 Å². The second-order valence-electron chi connectivity index (χ2n) is 5.97. The molecule has 1 aromatic rings. The van der Waals surface area contributed by atoms with Gasteiger partial charge in [-0.25, -0.2) is 0 Å². The molecule has 0 amide bonds. The van der Waals surface area contributed by atoms with Crippen molar-refractivity contribution in [3.8, 4) is 0 Å². The number of rotatable bonds is 3. The second kappa shape index (κ2) is 5.06. The van der Waals surface area contributed by atoms with E-state index in [2.05, 4.69) is 29.7 Å². The number of nitrogens with zero attached hydrogens (tertiary/aromatic N) is 2. The van der Waals surface area contributed by atoms with Crippen LogP contribution in [0.4, 0.5) is 0 Å². The van der Waals surface area contributed by atoms with Crippen LogP contribution in [0.5, 0.6) is 0 Å². The molecule has 3 nitrogen and oxygen atoms in total. The smallest absolute Gasteiger partial charge is 0.105 e. The van der Waals surface area contributed by atoms with Crippen molar-refractivity contribution in [1.29, 1.82) is 0 Å². The first kappa shape index (κ1) is 12.2. The fourth-order valence-corrected chi connectivity index (χ4v) is 3.66. The molecule has 1 aromatic heterocycles. The van der Waals surface area contributed by atoms with Crippen LogP contribution in [-0.4, -0.2) is 47.6 Å². The molecule has 2 aliphatic rings. The molecule has 3 atom stereocenters. The van der Waals surface area contributed by atoms with Gasteiger partial charge in [0.05, 0.1) is 6.26 Å². The molecular formula is C15H24N2O. The first-order valence-electron chi connectivity index (χ1n) is 7.26. The molecule has 3 heteroatoms. The van der Waals surface area contributed by atoms with E-state index >= 15 is 0 Å². The Bertz CT molecular complexity index is 376. The summed E-state index contributed by atoms with van der Waals surface area (Å²) in [4.78, 5) is 5.36. The molecule has 0 spiro atoms. The number of furan rings is 1. The van der Waals surface area contributed by atoms with E-state index in [9.17, 15) is 0 Å². The highest BCUT2D eigenvalue weighted by molar-refractivity contribution is 5.01. The van der Waals surface area contributed by atoms with Crippen LogP contribution in [0.3, 0.4) is 0 Å². The van der Waals surface area contributed by atoms with E-state index in [1.807, 2.05) is 6.07 Å². The van der Waals surface area contributed by atoms with Crippen molar-refractivity contribution in [2.24, 2.45) is 0 Å². The van der Waals surface area contributed by atoms with Crippen molar-refractivity contribution in [2.75, 3.05) is 19.6 Å². The van der Waals surface area contributed by atoms with E-state index in [1.165, 1.54) is 32.5 Å². The van der Waals surface area contributed by atoms with E-state index in [1.54, 1.807) is 6.26 Å². The third kappa shape index (κ3) is 2.34. The monoisotopic (exact) mass is 248 g/mol. The standard InChI is InChI=1S/C15H24N2O/c1-12(9-15-6-4-8-18-15)17-11-14-5-3-7-16(14)10-13(17)2/h4,6,8,12-14H,3,5,7,9-11H2,1-2H3. The largest absolute Gasteiger partial charge is 0.469 e. The molecule has 3 rings (SSSR count). The Morgan fingerprint density at radius 3 is 3.11 bits per heavy atom. The lowest BCUT2D eigenvalue weighted by Crippen LogP contribution is -2.57. The molecule has 2 aliphatic heterocycles. The molecule has 3 unspecified atom stereocenters. The molecule has 18 heavy (non-hydrogen) atoms. The Morgan fingerprint density at radius 1 is 1.44 bits per heavy atom. The van der Waals surface area contributed by atoms with Gasteiger partial charge in [0.2, 0.25) is 0 Å². The van der Waals surface area contributed by atoms with Crippen molar-refractivity contribution >= 4 is 0 Å². The van der Waals surface area contributed by atoms with Crippen LogP contribution in [-0.2, 0) is 6.42 Å². The zero-order valence-corrected chi connectivity index (χ0v) is 11.5. The van der Waals surface area contributed by atoms with Gasteiger partial charge in [0, 0.05) is 37.6 Å². The number of fused-ring (bicyclic) bond motifs is 1. The van der Waals surface area contributed by atoms with Gasteiger partial charge < -0.3 is 4.42 Å². The van der Waals surface area contributed by atoms with Crippen molar-refractivity contribution in [3.05, 3.63) is 24.2 Å². The molecule has 0 saturated carbocycles. The Morgan fingerprint density at radius 2 is 2.33 bits per heavy atom. The minimum Gasteiger partial charge on any atom is -0.469 e. The van der Waals surface area contributed by atoms with Crippen molar-refractivity contribution in [2.45, 2.75) is 51.2 Å². The summed E-state index contributed by atoms with van der Waals surface area (Å²) in [5, 5.41) is 0. The van der Waals surface area contributed by atoms with Crippen LogP contribution in [0.2, 0.25) is 0 Å². The van der Waals surface area contributed by atoms with Gasteiger partial charge in [0.15, 0.2) is 0 Å². The van der Waals surface area contributed by atoms with E-state index in [0.717, 1.165) is 18.2 Å². The van der Waals surface area contributed by atoms with Crippen LogP contribution < -0.4 is 0 Å². The first-order chi connectivity index (χ1) is 8.74. The Hall–Kier alpha value is -0.800. The van der Waals surface area contributed by atoms with Crippen molar-refractivity contribution < 1.29 is 4.42 Å². The summed E-state index contributed by atoms with van der Waals surface area (Å²) in [6.07, 6.45) is 5.58. The highest BCUT2D eigenvalue weighted by Gasteiger charge is 2.36. The van der Waals surface area contributed by atoms with Gasteiger partial charge in [0.1, 0.15) is 5.76 Å². The molecule has 100 valence electrons. The van der Waals surface area contributed by atoms with Crippen LogP contribution in [0.1, 0.15) is 32.4 Å². The van der Waals surface area contributed by atoms with Gasteiger partial charge in [-0.15, -0.1) is 0 Å². The summed E-state index contributed by atoms with van der Waals surface area (Å²) in [6, 6.07) is 6.13. The summed E-state index contributed by atoms with van der Waals surface area (Å²) >= 11 is 0. The topological polar surface area (TPSA) is 19.6 Å². The maximum Gasteiger partial charge on any atom is 0.105 e. The van der Waals surface area contributed by atoms with Gasteiger partial charge in [0.25, 0.3) is 0 Å². The Kier molecular flexibility index (Phi) is 3.44. The van der Waals surface area contributed by atoms with Crippen LogP contribution in [0.15, 0.2) is 22.8 Å². The Balaban J connectivity index is 1.63. The van der Waals surface area contributed by atoms with Crippen LogP contribution >= 0.6 is 0 Å². The zero-order chi connectivity index (χ0) is 12.5. The summed E-state index contributed by atoms with van der Waals surface area (Å²) in [5.74, 6) is 1.11. The molecule has 0 aliphatic carbocycles. The number of hydrogen-bond acceptors (Lipinski definition) is 3. The molecular weight excluding hydrogens is 224 g/mol. The molecule has 0 aromatic carbocycles. The van der Waals surface area contributed by atoms with Gasteiger partial charge in [-0.2, -0.15) is 0 Å². The number of piperazine rings is 1. The molecule has 0 bridgehead atoms. The first-order valence-corrected chi connectivity index (χ1v) is 7.26. The van der Waals surface area contributed by atoms with E-state index in [-0.39, 0.29) is 0 Å². The third-order valence-electron chi connectivity index (χ3n) is 4.63. The summed E-state index contributed by atoms with van der Waals surface area (Å²) in [5.41, 5.74) is 0. The van der Waals surface area contributed by atoms with Crippen molar-refractivity contribution in [3.63, 3.8) is 0 Å². The number of hydrogen-bond donors (Lipinski definition) is 0. The van der Waals surface area contributed by atoms with Crippen LogP contribution in [0.25, 0.3) is 0 Å². The van der Waals surface area contributed by atoms with Crippen molar-refractivity contribution in [1.82, 2.24) is 9.80 Å². The highest BCUT2D eigenvalue weighted by atomic mass is 16.3. The maximum atomic E-state index is 5.48. The fraction of sp³-hybridized carbons (Fsp3) is 0.733. The minimum atomic E-state index is 0.578. The van der Waals surface area contributed by atoms with E-state index in [4.69, 9.17) is 4.42 Å².